The van der Waals surface area contributed by atoms with Gasteiger partial charge in [0.25, 0.3) is 0 Å². The molecule has 1 unspecified atom stereocenters. The predicted octanol–water partition coefficient (Wildman–Crippen LogP) is 8.25. The molecular formula is C31H60N5O4PS2. The van der Waals surface area contributed by atoms with E-state index in [0.717, 1.165) is 5.75 Å². The summed E-state index contributed by atoms with van der Waals surface area (Å²) in [6.45, 7) is 9.69. The molecule has 2 atom stereocenters. The quantitative estimate of drug-likeness (QED) is 0.0845. The van der Waals surface area contributed by atoms with Crippen molar-refractivity contribution < 1.29 is 18.7 Å². The summed E-state index contributed by atoms with van der Waals surface area (Å²) in [7, 11) is -4.28. The Kier molecular flexibility index (Phi) is 17.5. The molecule has 0 aliphatic rings. The minimum absolute atomic E-state index is 0.245. The third-order valence-electron chi connectivity index (χ3n) is 8.28. The molecule has 0 aliphatic heterocycles. The van der Waals surface area contributed by atoms with Crippen LogP contribution in [-0.4, -0.2) is 78.0 Å². The zero-order valence-electron chi connectivity index (χ0n) is 27.8. The summed E-state index contributed by atoms with van der Waals surface area (Å²) < 4.78 is 25.5. The molecule has 3 N–H and O–H groups in total. The average Bonchev–Trinajstić information content (AvgIpc) is 3.34. The Hall–Kier alpha value is -0.840. The van der Waals surface area contributed by atoms with E-state index in [9.17, 15) is 9.46 Å². The second-order valence-electron chi connectivity index (χ2n) is 13.1. The number of imidazole rings is 1. The summed E-state index contributed by atoms with van der Waals surface area (Å²) in [5.41, 5.74) is 6.95. The van der Waals surface area contributed by atoms with Crippen LogP contribution in [0.5, 0.6) is 0 Å². The number of nitrogens with zero attached hydrogens (tertiary/aromatic N) is 4. The summed E-state index contributed by atoms with van der Waals surface area (Å²) in [4.78, 5) is 22.5. The molecule has 0 spiro atoms. The molecule has 0 aromatic carbocycles. The monoisotopic (exact) mass is 661 g/mol. The fourth-order valence-corrected chi connectivity index (χ4v) is 8.07. The fraction of sp³-hybridized carbons (Fsp3) is 0.839. The van der Waals surface area contributed by atoms with Gasteiger partial charge in [-0.3, -0.25) is 4.57 Å². The van der Waals surface area contributed by atoms with Crippen molar-refractivity contribution >= 4 is 46.4 Å². The molecule has 0 bridgehead atoms. The van der Waals surface area contributed by atoms with Crippen LogP contribution in [0, 0.1) is 0 Å². The van der Waals surface area contributed by atoms with Gasteiger partial charge in [-0.1, -0.05) is 85.0 Å². The maximum absolute atomic E-state index is 12.3. The van der Waals surface area contributed by atoms with Crippen LogP contribution >= 0.6 is 29.4 Å². The van der Waals surface area contributed by atoms with Crippen molar-refractivity contribution in [3.05, 3.63) is 12.7 Å². The van der Waals surface area contributed by atoms with Gasteiger partial charge in [-0.05, 0) is 48.5 Å². The van der Waals surface area contributed by atoms with Crippen molar-refractivity contribution in [1.29, 1.82) is 0 Å². The highest BCUT2D eigenvalue weighted by molar-refractivity contribution is 8.33. The van der Waals surface area contributed by atoms with Crippen LogP contribution in [0.4, 0.5) is 5.82 Å². The standard InChI is InChI=1S/C31H60N5O4PS2/c1-27(23-36-25-35-28-29(32)33-24-34-30(28)36)39-26-41(37,38)40-19-21-42-20-17-15-13-11-9-7-8-10-12-14-16-18-22-43(5,6)31(2,3)4/h24-25,27H,7-23,26H2,1-6H3,(H,37,38)(H2,32,33,34)/t27-/m1/s1. The Morgan fingerprint density at radius 3 is 2.14 bits per heavy atom. The number of nitrogens with two attached hydrogens (primary N) is 1. The maximum atomic E-state index is 12.3. The zero-order chi connectivity index (χ0) is 31.8. The van der Waals surface area contributed by atoms with Gasteiger partial charge in [0, 0.05) is 5.75 Å². The number of hydrogen-bond donors (Lipinski definition) is 2. The number of hydrogen-bond acceptors (Lipinski definition) is 8. The van der Waals surface area contributed by atoms with E-state index < -0.39 is 17.6 Å². The lowest BCUT2D eigenvalue weighted by molar-refractivity contribution is 0.0724. The molecule has 0 amide bonds. The topological polar surface area (TPSA) is 125 Å². The van der Waals surface area contributed by atoms with Gasteiger partial charge >= 0.3 is 7.60 Å². The second kappa shape index (κ2) is 19.6. The van der Waals surface area contributed by atoms with Crippen molar-refractivity contribution in [2.24, 2.45) is 0 Å². The maximum Gasteiger partial charge on any atom is 0.353 e. The summed E-state index contributed by atoms with van der Waals surface area (Å²) in [6, 6.07) is 0. The second-order valence-corrected chi connectivity index (χ2v) is 20.8. The lowest BCUT2D eigenvalue weighted by atomic mass is 10.1. The number of anilines is 1. The molecule has 2 rings (SSSR count). The molecule has 9 nitrogen and oxygen atoms in total. The number of unbranched alkanes of at least 4 members (excludes halogenated alkanes) is 11. The van der Waals surface area contributed by atoms with E-state index in [0.29, 0.717) is 34.0 Å². The van der Waals surface area contributed by atoms with E-state index in [4.69, 9.17) is 15.0 Å². The first kappa shape index (κ1) is 38.3. The lowest BCUT2D eigenvalue weighted by Crippen LogP contribution is -2.25. The largest absolute Gasteiger partial charge is 0.382 e. The van der Waals surface area contributed by atoms with Gasteiger partial charge in [-0.15, -0.1) is 0 Å². The van der Waals surface area contributed by atoms with Gasteiger partial charge in [-0.2, -0.15) is 11.8 Å². The highest BCUT2D eigenvalue weighted by Gasteiger charge is 2.26. The minimum atomic E-state index is -3.80. The van der Waals surface area contributed by atoms with Gasteiger partial charge in [0.1, 0.15) is 18.2 Å². The molecule has 0 fully saturated rings. The van der Waals surface area contributed by atoms with Crippen LogP contribution in [0.2, 0.25) is 0 Å². The van der Waals surface area contributed by atoms with Crippen LogP contribution < -0.4 is 5.73 Å². The van der Waals surface area contributed by atoms with Gasteiger partial charge in [0.2, 0.25) is 0 Å². The molecule has 0 aliphatic carbocycles. The van der Waals surface area contributed by atoms with E-state index in [2.05, 4.69) is 48.2 Å². The highest BCUT2D eigenvalue weighted by atomic mass is 32.3. The van der Waals surface area contributed by atoms with Gasteiger partial charge in [-0.25, -0.2) is 25.0 Å². The van der Waals surface area contributed by atoms with Crippen molar-refractivity contribution in [2.45, 2.75) is 122 Å². The van der Waals surface area contributed by atoms with E-state index in [1.807, 2.05) is 6.92 Å². The minimum Gasteiger partial charge on any atom is -0.382 e. The first-order chi connectivity index (χ1) is 20.3. The Balaban J connectivity index is 1.37. The van der Waals surface area contributed by atoms with Crippen molar-refractivity contribution in [2.75, 3.05) is 48.5 Å². The Morgan fingerprint density at radius 2 is 1.53 bits per heavy atom. The van der Waals surface area contributed by atoms with Crippen molar-refractivity contribution in [1.82, 2.24) is 19.5 Å². The van der Waals surface area contributed by atoms with Gasteiger partial charge in [0.15, 0.2) is 11.5 Å². The summed E-state index contributed by atoms with van der Waals surface area (Å²) >= 11 is 1.78. The Morgan fingerprint density at radius 1 is 0.953 bits per heavy atom. The molecule has 250 valence electrons. The highest BCUT2D eigenvalue weighted by Crippen LogP contribution is 2.53. The number of rotatable bonds is 24. The molecule has 0 radical (unpaired) electrons. The molecule has 0 saturated carbocycles. The normalized spacial score (nSPS) is 15.1. The fourth-order valence-electron chi connectivity index (χ4n) is 4.70. The van der Waals surface area contributed by atoms with Crippen LogP contribution in [0.25, 0.3) is 11.2 Å². The van der Waals surface area contributed by atoms with E-state index >= 15 is 0 Å². The van der Waals surface area contributed by atoms with Crippen molar-refractivity contribution in [3.8, 4) is 0 Å². The summed E-state index contributed by atoms with van der Waals surface area (Å²) in [5.74, 6) is 3.51. The molecule has 12 heteroatoms. The molecule has 2 aromatic heterocycles. The predicted molar refractivity (Wildman–Crippen MR) is 188 cm³/mol. The number of ether oxygens (including phenoxy) is 1. The van der Waals surface area contributed by atoms with Crippen LogP contribution in [-0.2, 0) is 20.4 Å². The molecular weight excluding hydrogens is 601 g/mol. The van der Waals surface area contributed by atoms with Crippen molar-refractivity contribution in [3.63, 3.8) is 0 Å². The zero-order valence-corrected chi connectivity index (χ0v) is 30.3. The molecule has 43 heavy (non-hydrogen) atoms. The average molecular weight is 662 g/mol. The van der Waals surface area contributed by atoms with Gasteiger partial charge in [0.05, 0.1) is 25.6 Å². The first-order valence-corrected chi connectivity index (χ1v) is 21.6. The van der Waals surface area contributed by atoms with E-state index in [-0.39, 0.29) is 19.1 Å². The summed E-state index contributed by atoms with van der Waals surface area (Å²) in [6.07, 6.45) is 23.6. The summed E-state index contributed by atoms with van der Waals surface area (Å²) in [5, 5.41) is 0. The number of nitrogen functional groups attached to an aromatic ring is 1. The Labute approximate surface area is 267 Å². The van der Waals surface area contributed by atoms with E-state index in [1.54, 1.807) is 22.7 Å². The molecule has 0 saturated heterocycles. The van der Waals surface area contributed by atoms with Crippen LogP contribution in [0.1, 0.15) is 105 Å². The Bertz CT molecular complexity index is 1100. The molecule has 2 aromatic rings. The third kappa shape index (κ3) is 15.3. The number of fused-ring (bicyclic) bond motifs is 1. The number of aromatic nitrogens is 4. The van der Waals surface area contributed by atoms with Gasteiger partial charge < -0.3 is 24.5 Å². The smallest absolute Gasteiger partial charge is 0.353 e. The lowest BCUT2D eigenvalue weighted by Gasteiger charge is -2.44. The van der Waals surface area contributed by atoms with Crippen LogP contribution in [0.15, 0.2) is 12.7 Å². The van der Waals surface area contributed by atoms with Crippen LogP contribution in [0.3, 0.4) is 0 Å². The number of thioether (sulfide) groups is 1. The third-order valence-corrected chi connectivity index (χ3v) is 15.0. The van der Waals surface area contributed by atoms with E-state index in [1.165, 1.54) is 89.1 Å². The first-order valence-electron chi connectivity index (χ1n) is 16.1. The molecule has 2 heterocycles. The SMILES string of the molecule is C[C@H](Cn1cnc2c(N)ncnc21)OCP(=O)(O)OCCSCCCCCCCCCCCCCCS(C)(C)C(C)(C)C.